The first-order valence-corrected chi connectivity index (χ1v) is 8.53. The molecule has 3 rings (SSSR count). The molecule has 2 fully saturated rings. The molecule has 126 valence electrons. The molecule has 0 spiro atoms. The number of imide groups is 1. The summed E-state index contributed by atoms with van der Waals surface area (Å²) in [6.07, 6.45) is 8.04. The monoisotopic (exact) mass is 319 g/mol. The van der Waals surface area contributed by atoms with Gasteiger partial charge in [0.15, 0.2) is 0 Å². The Morgan fingerprint density at radius 2 is 2.04 bits per heavy atom. The molecule has 0 radical (unpaired) electrons. The molecule has 1 aliphatic heterocycles. The van der Waals surface area contributed by atoms with Crippen molar-refractivity contribution in [2.24, 2.45) is 11.8 Å². The summed E-state index contributed by atoms with van der Waals surface area (Å²) < 4.78 is 5.13. The van der Waals surface area contributed by atoms with Crippen molar-refractivity contribution in [1.29, 1.82) is 0 Å². The Labute approximate surface area is 136 Å². The number of nitrogens with one attached hydrogen (secondary N) is 2. The van der Waals surface area contributed by atoms with E-state index in [-0.39, 0.29) is 12.5 Å². The minimum atomic E-state index is -0.473. The van der Waals surface area contributed by atoms with Crippen LogP contribution in [0.1, 0.15) is 37.9 Å². The highest BCUT2D eigenvalue weighted by Gasteiger charge is 2.31. The molecule has 0 unspecified atom stereocenters. The third-order valence-electron chi connectivity index (χ3n) is 5.00. The normalized spacial score (nSPS) is 24.7. The molecule has 3 amide bonds. The van der Waals surface area contributed by atoms with Gasteiger partial charge in [-0.2, -0.15) is 0 Å². The highest BCUT2D eigenvalue weighted by atomic mass is 16.3. The van der Waals surface area contributed by atoms with Crippen LogP contribution in [0.4, 0.5) is 4.79 Å². The zero-order valence-electron chi connectivity index (χ0n) is 13.4. The molecule has 1 aliphatic carbocycles. The molecular weight excluding hydrogens is 294 g/mol. The SMILES string of the molecule is O=C(CN1CC[C@@H]2CCCC[C@H]2C1)NC(=O)NCc1ccco1. The van der Waals surface area contributed by atoms with E-state index in [1.165, 1.54) is 32.1 Å². The number of urea groups is 1. The summed E-state index contributed by atoms with van der Waals surface area (Å²) in [6, 6.07) is 3.06. The standard InChI is InChI=1S/C17H25N3O3/c21-16(19-17(22)18-10-15-6-3-9-23-15)12-20-8-7-13-4-1-2-5-14(13)11-20/h3,6,9,13-14H,1-2,4-5,7-8,10-12H2,(H2,18,19,21,22)/t13-,14-/m0/s1. The van der Waals surface area contributed by atoms with E-state index >= 15 is 0 Å². The quantitative estimate of drug-likeness (QED) is 0.891. The zero-order valence-corrected chi connectivity index (χ0v) is 13.4. The number of furan rings is 1. The summed E-state index contributed by atoms with van der Waals surface area (Å²) in [5.74, 6) is 2.00. The fraction of sp³-hybridized carbons (Fsp3) is 0.647. The average Bonchev–Trinajstić information content (AvgIpc) is 3.06. The summed E-state index contributed by atoms with van der Waals surface area (Å²) >= 11 is 0. The van der Waals surface area contributed by atoms with Gasteiger partial charge in [-0.05, 0) is 43.4 Å². The number of rotatable bonds is 4. The van der Waals surface area contributed by atoms with Gasteiger partial charge in [0, 0.05) is 6.54 Å². The van der Waals surface area contributed by atoms with Crippen LogP contribution in [0.3, 0.4) is 0 Å². The summed E-state index contributed by atoms with van der Waals surface area (Å²) in [5.41, 5.74) is 0. The van der Waals surface area contributed by atoms with Gasteiger partial charge in [-0.15, -0.1) is 0 Å². The lowest BCUT2D eigenvalue weighted by Gasteiger charge is -2.41. The molecule has 1 aromatic heterocycles. The third kappa shape index (κ3) is 4.58. The Morgan fingerprint density at radius 1 is 1.22 bits per heavy atom. The molecule has 2 atom stereocenters. The third-order valence-corrected chi connectivity index (χ3v) is 5.00. The van der Waals surface area contributed by atoms with Crippen molar-refractivity contribution in [3.8, 4) is 0 Å². The number of piperidine rings is 1. The van der Waals surface area contributed by atoms with Crippen LogP contribution >= 0.6 is 0 Å². The van der Waals surface area contributed by atoms with Crippen LogP contribution in [0.15, 0.2) is 22.8 Å². The first kappa shape index (κ1) is 16.1. The van der Waals surface area contributed by atoms with Gasteiger partial charge in [0.2, 0.25) is 5.91 Å². The van der Waals surface area contributed by atoms with E-state index in [9.17, 15) is 9.59 Å². The van der Waals surface area contributed by atoms with Crippen LogP contribution in [0.25, 0.3) is 0 Å². The molecule has 6 heteroatoms. The fourth-order valence-electron chi connectivity index (χ4n) is 3.81. The highest BCUT2D eigenvalue weighted by Crippen LogP contribution is 2.35. The maximum atomic E-state index is 12.0. The summed E-state index contributed by atoms with van der Waals surface area (Å²) in [4.78, 5) is 25.9. The molecule has 0 aromatic carbocycles. The van der Waals surface area contributed by atoms with Crippen molar-refractivity contribution in [3.63, 3.8) is 0 Å². The van der Waals surface area contributed by atoms with Gasteiger partial charge < -0.3 is 9.73 Å². The first-order valence-electron chi connectivity index (χ1n) is 8.53. The van der Waals surface area contributed by atoms with Crippen molar-refractivity contribution >= 4 is 11.9 Å². The summed E-state index contributed by atoms with van der Waals surface area (Å²) in [5, 5.41) is 5.00. The van der Waals surface area contributed by atoms with Crippen LogP contribution in [0.2, 0.25) is 0 Å². The predicted molar refractivity (Wildman–Crippen MR) is 85.6 cm³/mol. The van der Waals surface area contributed by atoms with E-state index in [0.29, 0.717) is 12.3 Å². The van der Waals surface area contributed by atoms with Gasteiger partial charge in [0.1, 0.15) is 5.76 Å². The molecule has 2 N–H and O–H groups in total. The average molecular weight is 319 g/mol. The molecule has 2 aliphatic rings. The minimum absolute atomic E-state index is 0.240. The van der Waals surface area contributed by atoms with Gasteiger partial charge in [-0.3, -0.25) is 15.0 Å². The van der Waals surface area contributed by atoms with Crippen LogP contribution in [0, 0.1) is 11.8 Å². The lowest BCUT2D eigenvalue weighted by Crippen LogP contribution is -2.48. The Bertz CT molecular complexity index is 529. The van der Waals surface area contributed by atoms with Crippen molar-refractivity contribution in [3.05, 3.63) is 24.2 Å². The second-order valence-corrected chi connectivity index (χ2v) is 6.64. The Morgan fingerprint density at radius 3 is 2.83 bits per heavy atom. The van der Waals surface area contributed by atoms with Gasteiger partial charge in [-0.25, -0.2) is 4.79 Å². The first-order chi connectivity index (χ1) is 11.2. The zero-order chi connectivity index (χ0) is 16.1. The Kier molecular flexibility index (Phi) is 5.33. The van der Waals surface area contributed by atoms with Crippen molar-refractivity contribution in [1.82, 2.24) is 15.5 Å². The molecule has 1 aromatic rings. The van der Waals surface area contributed by atoms with Crippen LogP contribution < -0.4 is 10.6 Å². The molecule has 0 bridgehead atoms. The number of hydrogen-bond acceptors (Lipinski definition) is 4. The van der Waals surface area contributed by atoms with Gasteiger partial charge in [0.25, 0.3) is 0 Å². The van der Waals surface area contributed by atoms with Crippen LogP contribution in [-0.4, -0.2) is 36.5 Å². The van der Waals surface area contributed by atoms with Gasteiger partial charge in [-0.1, -0.05) is 19.3 Å². The van der Waals surface area contributed by atoms with E-state index < -0.39 is 6.03 Å². The maximum absolute atomic E-state index is 12.0. The minimum Gasteiger partial charge on any atom is -0.467 e. The topological polar surface area (TPSA) is 74.6 Å². The number of fused-ring (bicyclic) bond motifs is 1. The van der Waals surface area contributed by atoms with E-state index in [4.69, 9.17) is 4.42 Å². The van der Waals surface area contributed by atoms with Gasteiger partial charge >= 0.3 is 6.03 Å². The molecule has 6 nitrogen and oxygen atoms in total. The van der Waals surface area contributed by atoms with Crippen LogP contribution in [0.5, 0.6) is 0 Å². The smallest absolute Gasteiger partial charge is 0.321 e. The lowest BCUT2D eigenvalue weighted by atomic mass is 9.75. The van der Waals surface area contributed by atoms with Crippen LogP contribution in [-0.2, 0) is 11.3 Å². The highest BCUT2D eigenvalue weighted by molar-refractivity contribution is 5.95. The second-order valence-electron chi connectivity index (χ2n) is 6.64. The van der Waals surface area contributed by atoms with E-state index in [2.05, 4.69) is 15.5 Å². The molecule has 23 heavy (non-hydrogen) atoms. The van der Waals surface area contributed by atoms with E-state index in [1.807, 2.05) is 0 Å². The number of carbonyl (C=O) groups is 2. The van der Waals surface area contributed by atoms with Crippen molar-refractivity contribution in [2.75, 3.05) is 19.6 Å². The largest absolute Gasteiger partial charge is 0.467 e. The Balaban J connectivity index is 1.38. The van der Waals surface area contributed by atoms with E-state index in [1.54, 1.807) is 18.4 Å². The number of likely N-dealkylation sites (tertiary alicyclic amines) is 1. The fourth-order valence-corrected chi connectivity index (χ4v) is 3.81. The second kappa shape index (κ2) is 7.64. The van der Waals surface area contributed by atoms with Crippen molar-refractivity contribution < 1.29 is 14.0 Å². The molecular formula is C17H25N3O3. The summed E-state index contributed by atoms with van der Waals surface area (Å²) in [7, 11) is 0. The lowest BCUT2D eigenvalue weighted by molar-refractivity contribution is -0.121. The Hall–Kier alpha value is -1.82. The van der Waals surface area contributed by atoms with Gasteiger partial charge in [0.05, 0.1) is 19.4 Å². The molecule has 1 saturated heterocycles. The molecule has 2 heterocycles. The number of nitrogens with zero attached hydrogens (tertiary/aromatic N) is 1. The maximum Gasteiger partial charge on any atom is 0.321 e. The van der Waals surface area contributed by atoms with E-state index in [0.717, 1.165) is 24.9 Å². The molecule has 1 saturated carbocycles. The number of hydrogen-bond donors (Lipinski definition) is 2. The summed E-state index contributed by atoms with van der Waals surface area (Å²) in [6.45, 7) is 2.53. The number of carbonyl (C=O) groups excluding carboxylic acids is 2. The number of amides is 3. The van der Waals surface area contributed by atoms with Crippen molar-refractivity contribution in [2.45, 2.75) is 38.6 Å². The predicted octanol–water partition coefficient (Wildman–Crippen LogP) is 2.12.